The van der Waals surface area contributed by atoms with Crippen LogP contribution in [0.4, 0.5) is 4.79 Å². The van der Waals surface area contributed by atoms with Crippen molar-refractivity contribution in [2.75, 3.05) is 26.2 Å². The van der Waals surface area contributed by atoms with Crippen molar-refractivity contribution >= 4 is 27.0 Å². The first-order valence-corrected chi connectivity index (χ1v) is 7.33. The molecule has 1 amide bonds. The summed E-state index contributed by atoms with van der Waals surface area (Å²) in [6.45, 7) is 1.20. The maximum Gasteiger partial charge on any atom is 0.316 e. The van der Waals surface area contributed by atoms with Crippen LogP contribution in [0.15, 0.2) is 35.2 Å². The second kappa shape index (κ2) is 5.26. The predicted octanol–water partition coefficient (Wildman–Crippen LogP) is 1.35. The molecule has 1 aliphatic heterocycles. The number of carbonyl (C=O) groups excluding carboxylic acids is 1. The van der Waals surface area contributed by atoms with Gasteiger partial charge in [-0.2, -0.15) is 4.31 Å². The van der Waals surface area contributed by atoms with Crippen LogP contribution < -0.4 is 0 Å². The van der Waals surface area contributed by atoms with E-state index < -0.39 is 15.4 Å². The summed E-state index contributed by atoms with van der Waals surface area (Å²) in [6, 6.07) is 8.27. The minimum absolute atomic E-state index is 0.273. The van der Waals surface area contributed by atoms with Gasteiger partial charge in [0.25, 0.3) is 0 Å². The standard InChI is InChI=1S/C11H13ClN2O3S/c12-11(15)13-6-8-14(9-7-13)18(16,17)10-4-2-1-3-5-10/h1-5H,6-9H2. The van der Waals surface area contributed by atoms with Gasteiger partial charge in [0.2, 0.25) is 10.0 Å². The fraction of sp³-hybridized carbons (Fsp3) is 0.364. The highest BCUT2D eigenvalue weighted by Gasteiger charge is 2.29. The quantitative estimate of drug-likeness (QED) is 0.610. The van der Waals surface area contributed by atoms with E-state index in [2.05, 4.69) is 0 Å². The summed E-state index contributed by atoms with van der Waals surface area (Å²) in [4.78, 5) is 12.7. The largest absolute Gasteiger partial charge is 0.327 e. The number of nitrogens with zero attached hydrogens (tertiary/aromatic N) is 2. The molecule has 2 rings (SSSR count). The van der Waals surface area contributed by atoms with Gasteiger partial charge in [0.1, 0.15) is 0 Å². The predicted molar refractivity (Wildman–Crippen MR) is 68.0 cm³/mol. The molecule has 0 saturated carbocycles. The van der Waals surface area contributed by atoms with E-state index in [1.807, 2.05) is 0 Å². The third-order valence-corrected chi connectivity index (χ3v) is 5.02. The van der Waals surface area contributed by atoms with Crippen molar-refractivity contribution in [1.82, 2.24) is 9.21 Å². The average Bonchev–Trinajstić information content (AvgIpc) is 2.40. The van der Waals surface area contributed by atoms with E-state index in [0.29, 0.717) is 13.1 Å². The fourth-order valence-electron chi connectivity index (χ4n) is 1.85. The molecule has 1 aromatic rings. The Kier molecular flexibility index (Phi) is 3.89. The summed E-state index contributed by atoms with van der Waals surface area (Å²) in [5.41, 5.74) is 0. The maximum atomic E-state index is 12.3. The van der Waals surface area contributed by atoms with Gasteiger partial charge in [-0.1, -0.05) is 18.2 Å². The summed E-state index contributed by atoms with van der Waals surface area (Å²) < 4.78 is 25.9. The van der Waals surface area contributed by atoms with Crippen LogP contribution in [-0.4, -0.2) is 49.2 Å². The number of rotatable bonds is 2. The van der Waals surface area contributed by atoms with E-state index in [9.17, 15) is 13.2 Å². The first-order chi connectivity index (χ1) is 8.51. The molecule has 1 fully saturated rings. The third-order valence-electron chi connectivity index (χ3n) is 2.87. The Morgan fingerprint density at radius 1 is 1.06 bits per heavy atom. The zero-order valence-corrected chi connectivity index (χ0v) is 11.2. The first-order valence-electron chi connectivity index (χ1n) is 5.51. The summed E-state index contributed by atoms with van der Waals surface area (Å²) >= 11 is 5.35. The lowest BCUT2D eigenvalue weighted by molar-refractivity contribution is 0.193. The lowest BCUT2D eigenvalue weighted by Crippen LogP contribution is -2.49. The molecule has 1 saturated heterocycles. The minimum atomic E-state index is -3.46. The number of sulfonamides is 1. The van der Waals surface area contributed by atoms with Crippen molar-refractivity contribution in [3.63, 3.8) is 0 Å². The summed E-state index contributed by atoms with van der Waals surface area (Å²) in [7, 11) is -3.46. The molecule has 0 aliphatic carbocycles. The maximum absolute atomic E-state index is 12.3. The number of benzene rings is 1. The molecule has 98 valence electrons. The second-order valence-corrected chi connectivity index (χ2v) is 6.22. The van der Waals surface area contributed by atoms with E-state index in [0.717, 1.165) is 0 Å². The summed E-state index contributed by atoms with van der Waals surface area (Å²) in [5, 5.41) is -0.535. The number of hydrogen-bond acceptors (Lipinski definition) is 3. The zero-order chi connectivity index (χ0) is 13.2. The first kappa shape index (κ1) is 13.3. The van der Waals surface area contributed by atoms with Crippen LogP contribution in [0.2, 0.25) is 0 Å². The molecular formula is C11H13ClN2O3S. The van der Waals surface area contributed by atoms with Gasteiger partial charge < -0.3 is 4.90 Å². The number of carbonyl (C=O) groups is 1. The third kappa shape index (κ3) is 2.66. The monoisotopic (exact) mass is 288 g/mol. The van der Waals surface area contributed by atoms with Crippen LogP contribution in [0.1, 0.15) is 0 Å². The zero-order valence-electron chi connectivity index (χ0n) is 9.62. The van der Waals surface area contributed by atoms with Crippen molar-refractivity contribution in [2.45, 2.75) is 4.90 Å². The van der Waals surface area contributed by atoms with Gasteiger partial charge in [-0.05, 0) is 23.7 Å². The van der Waals surface area contributed by atoms with Crippen LogP contribution in [0, 0.1) is 0 Å². The lowest BCUT2D eigenvalue weighted by atomic mass is 10.4. The minimum Gasteiger partial charge on any atom is -0.327 e. The van der Waals surface area contributed by atoms with Gasteiger partial charge in [-0.25, -0.2) is 8.42 Å². The Hall–Kier alpha value is -1.11. The molecule has 0 aromatic heterocycles. The number of amides is 1. The van der Waals surface area contributed by atoms with Gasteiger partial charge in [-0.15, -0.1) is 0 Å². The molecule has 0 radical (unpaired) electrons. The molecule has 1 aliphatic rings. The lowest BCUT2D eigenvalue weighted by Gasteiger charge is -2.32. The smallest absolute Gasteiger partial charge is 0.316 e. The Bertz CT molecular complexity index is 524. The van der Waals surface area contributed by atoms with Gasteiger partial charge >= 0.3 is 5.37 Å². The van der Waals surface area contributed by atoms with E-state index in [1.54, 1.807) is 30.3 Å². The van der Waals surface area contributed by atoms with Gasteiger partial charge in [-0.3, -0.25) is 4.79 Å². The average molecular weight is 289 g/mol. The molecular weight excluding hydrogens is 276 g/mol. The molecule has 1 aromatic carbocycles. The summed E-state index contributed by atoms with van der Waals surface area (Å²) in [6.07, 6.45) is 0. The highest BCUT2D eigenvalue weighted by atomic mass is 35.5. The van der Waals surface area contributed by atoms with Gasteiger partial charge in [0, 0.05) is 26.2 Å². The highest BCUT2D eigenvalue weighted by Crippen LogP contribution is 2.17. The second-order valence-electron chi connectivity index (χ2n) is 3.96. The SMILES string of the molecule is O=C(Cl)N1CCN(S(=O)(=O)c2ccccc2)CC1. The fourth-order valence-corrected chi connectivity index (χ4v) is 3.46. The van der Waals surface area contributed by atoms with E-state index >= 15 is 0 Å². The van der Waals surface area contributed by atoms with Crippen molar-refractivity contribution in [2.24, 2.45) is 0 Å². The summed E-state index contributed by atoms with van der Waals surface area (Å²) in [5.74, 6) is 0. The number of halogens is 1. The van der Waals surface area contributed by atoms with Crippen LogP contribution in [-0.2, 0) is 10.0 Å². The van der Waals surface area contributed by atoms with Crippen LogP contribution >= 0.6 is 11.6 Å². The Morgan fingerprint density at radius 2 is 1.61 bits per heavy atom. The van der Waals surface area contributed by atoms with Crippen molar-refractivity contribution in [3.05, 3.63) is 30.3 Å². The van der Waals surface area contributed by atoms with E-state index in [1.165, 1.54) is 9.21 Å². The molecule has 7 heteroatoms. The Balaban J connectivity index is 2.12. The molecule has 1 heterocycles. The topological polar surface area (TPSA) is 57.7 Å². The van der Waals surface area contributed by atoms with Gasteiger partial charge in [0.05, 0.1) is 4.90 Å². The van der Waals surface area contributed by atoms with Crippen molar-refractivity contribution in [1.29, 1.82) is 0 Å². The molecule has 18 heavy (non-hydrogen) atoms. The highest BCUT2D eigenvalue weighted by molar-refractivity contribution is 7.89. The molecule has 0 unspecified atom stereocenters. The Labute approximate surface area is 111 Å². The van der Waals surface area contributed by atoms with E-state index in [4.69, 9.17) is 11.6 Å². The molecule has 0 bridgehead atoms. The molecule has 0 atom stereocenters. The van der Waals surface area contributed by atoms with Crippen LogP contribution in [0.5, 0.6) is 0 Å². The van der Waals surface area contributed by atoms with Crippen molar-refractivity contribution < 1.29 is 13.2 Å². The van der Waals surface area contributed by atoms with Gasteiger partial charge in [0.15, 0.2) is 0 Å². The normalized spacial score (nSPS) is 17.7. The molecule has 0 spiro atoms. The van der Waals surface area contributed by atoms with Crippen LogP contribution in [0.25, 0.3) is 0 Å². The van der Waals surface area contributed by atoms with Crippen LogP contribution in [0.3, 0.4) is 0 Å². The number of piperazine rings is 1. The van der Waals surface area contributed by atoms with E-state index in [-0.39, 0.29) is 18.0 Å². The Morgan fingerprint density at radius 3 is 2.11 bits per heavy atom. The van der Waals surface area contributed by atoms with Crippen molar-refractivity contribution in [3.8, 4) is 0 Å². The molecule has 5 nitrogen and oxygen atoms in total. The molecule has 0 N–H and O–H groups in total. The number of hydrogen-bond donors (Lipinski definition) is 0.